The number of hydrogen-bond donors (Lipinski definition) is 2. The lowest BCUT2D eigenvalue weighted by molar-refractivity contribution is -0.128. The number of carbonyl (C=O) groups excluding carboxylic acids is 1. The van der Waals surface area contributed by atoms with Gasteiger partial charge in [0.05, 0.1) is 22.7 Å². The number of hydrogen-bond acceptors (Lipinski definition) is 6. The molecule has 6 rings (SSSR count). The van der Waals surface area contributed by atoms with Gasteiger partial charge in [0.15, 0.2) is 5.75 Å². The molecular formula is C36H40Cl3N3O4. The summed E-state index contributed by atoms with van der Waals surface area (Å²) in [7, 11) is 1.70. The third-order valence-corrected chi connectivity index (χ3v) is 9.70. The Labute approximate surface area is 286 Å². The van der Waals surface area contributed by atoms with Crippen molar-refractivity contribution in [2.75, 3.05) is 40.0 Å². The van der Waals surface area contributed by atoms with Gasteiger partial charge in [-0.2, -0.15) is 0 Å². The molecule has 2 N–H and O–H groups in total. The molecule has 10 heteroatoms. The number of carbonyl (C=O) groups is 1. The largest absolute Gasteiger partial charge is 0.490 e. The van der Waals surface area contributed by atoms with Crippen LogP contribution in [-0.2, 0) is 22.5 Å². The van der Waals surface area contributed by atoms with Crippen LogP contribution in [0.1, 0.15) is 41.5 Å². The number of piperazine rings is 1. The first-order valence-electron chi connectivity index (χ1n) is 15.9. The Kier molecular flexibility index (Phi) is 10.8. The van der Waals surface area contributed by atoms with Crippen molar-refractivity contribution in [2.45, 2.75) is 57.3 Å². The first-order valence-corrected chi connectivity index (χ1v) is 17.0. The molecule has 2 heterocycles. The van der Waals surface area contributed by atoms with Crippen molar-refractivity contribution in [3.05, 3.63) is 97.5 Å². The highest BCUT2D eigenvalue weighted by Gasteiger charge is 2.41. The summed E-state index contributed by atoms with van der Waals surface area (Å²) >= 11 is 19.3. The molecule has 1 saturated carbocycles. The van der Waals surface area contributed by atoms with Crippen LogP contribution in [0.15, 0.2) is 60.2 Å². The first-order chi connectivity index (χ1) is 22.3. The van der Waals surface area contributed by atoms with Crippen LogP contribution in [0.3, 0.4) is 0 Å². The van der Waals surface area contributed by atoms with Gasteiger partial charge in [-0.1, -0.05) is 59.1 Å². The van der Waals surface area contributed by atoms with Crippen LogP contribution in [0.5, 0.6) is 11.5 Å². The zero-order valence-corrected chi connectivity index (χ0v) is 28.5. The number of ether oxygens (including phenoxy) is 3. The molecule has 2 aliphatic heterocycles. The fourth-order valence-corrected chi connectivity index (χ4v) is 7.22. The number of rotatable bonds is 13. The van der Waals surface area contributed by atoms with Gasteiger partial charge in [0.25, 0.3) is 5.91 Å². The number of halogens is 3. The zero-order valence-electron chi connectivity index (χ0n) is 26.2. The van der Waals surface area contributed by atoms with Gasteiger partial charge in [0, 0.05) is 49.4 Å². The van der Waals surface area contributed by atoms with Crippen LogP contribution >= 0.6 is 34.8 Å². The van der Waals surface area contributed by atoms with Gasteiger partial charge in [-0.05, 0) is 90.8 Å². The molecule has 1 amide bonds. The van der Waals surface area contributed by atoms with Crippen molar-refractivity contribution in [3.63, 3.8) is 0 Å². The van der Waals surface area contributed by atoms with Gasteiger partial charge in [-0.3, -0.25) is 4.79 Å². The number of methoxy groups -OCH3 is 1. The van der Waals surface area contributed by atoms with E-state index in [-0.39, 0.29) is 24.0 Å². The van der Waals surface area contributed by atoms with E-state index in [1.807, 2.05) is 48.2 Å². The van der Waals surface area contributed by atoms with Crippen LogP contribution in [0, 0.1) is 6.92 Å². The second-order valence-electron chi connectivity index (χ2n) is 12.3. The Morgan fingerprint density at radius 2 is 1.65 bits per heavy atom. The maximum absolute atomic E-state index is 14.5. The van der Waals surface area contributed by atoms with E-state index in [9.17, 15) is 4.79 Å². The zero-order chi connectivity index (χ0) is 32.2. The lowest BCUT2D eigenvalue weighted by Crippen LogP contribution is -2.60. The summed E-state index contributed by atoms with van der Waals surface area (Å²) in [4.78, 5) is 16.6. The summed E-state index contributed by atoms with van der Waals surface area (Å²) in [5.74, 6) is 1.27. The SMILES string of the molecule is COCCc1ccc(Cl)c(CN(C(=O)C2=C(c3ccc(OCCOc4c(Cl)cc(C)cc4Cl)cc3)CC3CNCC2N3)C2CC2)c1. The molecule has 1 aliphatic carbocycles. The molecule has 3 aromatic carbocycles. The lowest BCUT2D eigenvalue weighted by Gasteiger charge is -2.41. The van der Waals surface area contributed by atoms with Gasteiger partial charge in [0.2, 0.25) is 0 Å². The summed E-state index contributed by atoms with van der Waals surface area (Å²) in [5, 5.41) is 8.88. The van der Waals surface area contributed by atoms with E-state index in [1.54, 1.807) is 7.11 Å². The molecule has 1 saturated heterocycles. The number of amides is 1. The van der Waals surface area contributed by atoms with Crippen molar-refractivity contribution < 1.29 is 19.0 Å². The molecule has 2 fully saturated rings. The molecule has 244 valence electrons. The monoisotopic (exact) mass is 683 g/mol. The number of benzene rings is 3. The number of nitrogens with one attached hydrogen (secondary N) is 2. The quantitative estimate of drug-likeness (QED) is 0.191. The minimum atomic E-state index is -0.0618. The maximum Gasteiger partial charge on any atom is 0.252 e. The van der Waals surface area contributed by atoms with E-state index < -0.39 is 0 Å². The Balaban J connectivity index is 1.19. The first kappa shape index (κ1) is 33.1. The van der Waals surface area contributed by atoms with E-state index in [2.05, 4.69) is 28.8 Å². The van der Waals surface area contributed by atoms with Gasteiger partial charge in [-0.25, -0.2) is 0 Å². The average molecular weight is 685 g/mol. The summed E-state index contributed by atoms with van der Waals surface area (Å²) in [6.07, 6.45) is 3.58. The van der Waals surface area contributed by atoms with E-state index in [0.29, 0.717) is 53.7 Å². The molecule has 3 aromatic rings. The highest BCUT2D eigenvalue weighted by atomic mass is 35.5. The predicted molar refractivity (Wildman–Crippen MR) is 184 cm³/mol. The minimum Gasteiger partial charge on any atom is -0.490 e. The summed E-state index contributed by atoms with van der Waals surface area (Å²) in [6, 6.07) is 18.2. The second-order valence-corrected chi connectivity index (χ2v) is 13.5. The third kappa shape index (κ3) is 7.84. The normalized spacial score (nSPS) is 19.2. The molecular weight excluding hydrogens is 645 g/mol. The highest BCUT2D eigenvalue weighted by molar-refractivity contribution is 6.37. The van der Waals surface area contributed by atoms with Crippen LogP contribution in [0.2, 0.25) is 15.1 Å². The van der Waals surface area contributed by atoms with Crippen molar-refractivity contribution >= 4 is 46.3 Å². The molecule has 0 radical (unpaired) electrons. The van der Waals surface area contributed by atoms with Crippen molar-refractivity contribution in [3.8, 4) is 11.5 Å². The Morgan fingerprint density at radius 3 is 2.37 bits per heavy atom. The van der Waals surface area contributed by atoms with Gasteiger partial charge >= 0.3 is 0 Å². The average Bonchev–Trinajstić information content (AvgIpc) is 3.88. The van der Waals surface area contributed by atoms with Crippen molar-refractivity contribution in [2.24, 2.45) is 0 Å². The van der Waals surface area contributed by atoms with Crippen molar-refractivity contribution in [1.29, 1.82) is 0 Å². The number of aryl methyl sites for hydroxylation is 1. The molecule has 0 aromatic heterocycles. The van der Waals surface area contributed by atoms with Gasteiger partial charge in [-0.15, -0.1) is 0 Å². The van der Waals surface area contributed by atoms with Crippen LogP contribution in [0.25, 0.3) is 5.57 Å². The van der Waals surface area contributed by atoms with E-state index in [4.69, 9.17) is 49.0 Å². The third-order valence-electron chi connectivity index (χ3n) is 8.77. The fourth-order valence-electron chi connectivity index (χ4n) is 6.33. The molecule has 7 nitrogen and oxygen atoms in total. The molecule has 2 unspecified atom stereocenters. The van der Waals surface area contributed by atoms with Crippen molar-refractivity contribution in [1.82, 2.24) is 15.5 Å². The van der Waals surface area contributed by atoms with Gasteiger partial charge < -0.3 is 29.7 Å². The molecule has 3 aliphatic rings. The Bertz CT molecular complexity index is 1570. The van der Waals surface area contributed by atoms with Crippen LogP contribution in [0.4, 0.5) is 0 Å². The topological polar surface area (TPSA) is 72.1 Å². The minimum absolute atomic E-state index is 0.0618. The number of fused-ring (bicyclic) bond motifs is 2. The highest BCUT2D eigenvalue weighted by Crippen LogP contribution is 2.38. The Morgan fingerprint density at radius 1 is 0.913 bits per heavy atom. The predicted octanol–water partition coefficient (Wildman–Crippen LogP) is 6.88. The summed E-state index contributed by atoms with van der Waals surface area (Å²) in [6.45, 7) is 5.26. The molecule has 2 atom stereocenters. The fraction of sp³-hybridized carbons (Fsp3) is 0.417. The standard InChI is InChI=1S/C36H40Cl3N3O4/c1-22-15-31(38)35(32(39)16-22)46-14-13-45-28-8-4-24(5-9-28)29-18-26-19-40-20-33(41-26)34(29)36(43)42(27-6-7-27)21-25-17-23(11-12-44-2)3-10-30(25)37/h3-5,8-10,15-17,26-27,33,40-41H,6-7,11-14,18-21H2,1-2H3. The molecule has 2 bridgehead atoms. The Hall–Kier alpha value is -2.78. The second kappa shape index (κ2) is 15.0. The maximum atomic E-state index is 14.5. The van der Waals surface area contributed by atoms with E-state index >= 15 is 0 Å². The van der Waals surface area contributed by atoms with Gasteiger partial charge in [0.1, 0.15) is 19.0 Å². The number of nitrogens with zero attached hydrogens (tertiary/aromatic N) is 1. The van der Waals surface area contributed by atoms with E-state index in [1.165, 1.54) is 0 Å². The molecule has 46 heavy (non-hydrogen) atoms. The smallest absolute Gasteiger partial charge is 0.252 e. The van der Waals surface area contributed by atoms with E-state index in [0.717, 1.165) is 71.4 Å². The van der Waals surface area contributed by atoms with Crippen LogP contribution in [-0.4, -0.2) is 69.0 Å². The van der Waals surface area contributed by atoms with Crippen LogP contribution < -0.4 is 20.1 Å². The molecule has 0 spiro atoms. The lowest BCUT2D eigenvalue weighted by atomic mass is 9.83. The summed E-state index contributed by atoms with van der Waals surface area (Å²) < 4.78 is 17.0. The summed E-state index contributed by atoms with van der Waals surface area (Å²) in [5.41, 5.74) is 6.08.